The van der Waals surface area contributed by atoms with Crippen molar-refractivity contribution in [2.24, 2.45) is 5.92 Å². The minimum Gasteiger partial charge on any atom is -0.491 e. The van der Waals surface area contributed by atoms with Crippen LogP contribution in [0.4, 0.5) is 0 Å². The van der Waals surface area contributed by atoms with Gasteiger partial charge in [0.25, 0.3) is 0 Å². The average Bonchev–Trinajstić information content (AvgIpc) is 2.16. The van der Waals surface area contributed by atoms with E-state index in [1.165, 1.54) is 0 Å². The highest BCUT2D eigenvalue weighted by Gasteiger charge is 2.10. The number of rotatable bonds is 4. The third-order valence-electron chi connectivity index (χ3n) is 2.27. The van der Waals surface area contributed by atoms with E-state index in [0.29, 0.717) is 6.61 Å². The third-order valence-corrected chi connectivity index (χ3v) is 2.27. The number of ether oxygens (including phenoxy) is 1. The fourth-order valence-corrected chi connectivity index (χ4v) is 1.09. The summed E-state index contributed by atoms with van der Waals surface area (Å²) in [5, 5.41) is 9.55. The van der Waals surface area contributed by atoms with Crippen LogP contribution in [0.5, 0.6) is 5.75 Å². The Balaban J connectivity index is 2.50. The monoisotopic (exact) mass is 194 g/mol. The van der Waals surface area contributed by atoms with Gasteiger partial charge in [-0.3, -0.25) is 0 Å². The lowest BCUT2D eigenvalue weighted by Crippen LogP contribution is -2.23. The molecule has 0 bridgehead atoms. The van der Waals surface area contributed by atoms with Gasteiger partial charge in [0.05, 0.1) is 6.10 Å². The van der Waals surface area contributed by atoms with Gasteiger partial charge in [0, 0.05) is 0 Å². The standard InChI is InChI=1S/C12H18O2/c1-9(2)11(13)8-14-12-7-5-4-6-10(12)3/h4-7,9,11,13H,8H2,1-3H3. The Hall–Kier alpha value is -1.02. The minimum absolute atomic E-state index is 0.235. The van der Waals surface area contributed by atoms with Gasteiger partial charge in [0.1, 0.15) is 12.4 Å². The van der Waals surface area contributed by atoms with Gasteiger partial charge >= 0.3 is 0 Å². The molecular weight excluding hydrogens is 176 g/mol. The second-order valence-electron chi connectivity index (χ2n) is 3.89. The smallest absolute Gasteiger partial charge is 0.122 e. The molecule has 0 spiro atoms. The summed E-state index contributed by atoms with van der Waals surface area (Å²) in [6.45, 7) is 6.32. The van der Waals surface area contributed by atoms with Crippen molar-refractivity contribution < 1.29 is 9.84 Å². The molecule has 1 aromatic rings. The molecule has 78 valence electrons. The van der Waals surface area contributed by atoms with Crippen LogP contribution in [-0.4, -0.2) is 17.8 Å². The lowest BCUT2D eigenvalue weighted by atomic mass is 10.1. The molecule has 14 heavy (non-hydrogen) atoms. The number of aliphatic hydroxyl groups is 1. The van der Waals surface area contributed by atoms with Crippen LogP contribution in [0, 0.1) is 12.8 Å². The van der Waals surface area contributed by atoms with Crippen LogP contribution >= 0.6 is 0 Å². The molecule has 1 atom stereocenters. The highest BCUT2D eigenvalue weighted by molar-refractivity contribution is 5.31. The van der Waals surface area contributed by atoms with Crippen LogP contribution in [0.1, 0.15) is 19.4 Å². The molecule has 0 aromatic heterocycles. The lowest BCUT2D eigenvalue weighted by molar-refractivity contribution is 0.0698. The molecule has 0 heterocycles. The molecule has 0 radical (unpaired) electrons. The highest BCUT2D eigenvalue weighted by atomic mass is 16.5. The van der Waals surface area contributed by atoms with Gasteiger partial charge in [0.2, 0.25) is 0 Å². The molecule has 0 aliphatic carbocycles. The molecule has 0 amide bonds. The zero-order valence-electron chi connectivity index (χ0n) is 9.03. The Morgan fingerprint density at radius 3 is 2.50 bits per heavy atom. The molecule has 0 fully saturated rings. The van der Waals surface area contributed by atoms with E-state index in [0.717, 1.165) is 11.3 Å². The molecular formula is C12H18O2. The molecule has 2 heteroatoms. The normalized spacial score (nSPS) is 12.9. The van der Waals surface area contributed by atoms with Crippen molar-refractivity contribution in [1.82, 2.24) is 0 Å². The molecule has 1 aromatic carbocycles. The number of benzene rings is 1. The maximum atomic E-state index is 9.55. The van der Waals surface area contributed by atoms with E-state index in [9.17, 15) is 5.11 Å². The Bertz CT molecular complexity index is 281. The van der Waals surface area contributed by atoms with Crippen LogP contribution in [0.25, 0.3) is 0 Å². The number of aliphatic hydroxyl groups excluding tert-OH is 1. The fourth-order valence-electron chi connectivity index (χ4n) is 1.09. The summed E-state index contributed by atoms with van der Waals surface area (Å²) in [5.74, 6) is 1.09. The van der Waals surface area contributed by atoms with Crippen molar-refractivity contribution in [3.05, 3.63) is 29.8 Å². The first kappa shape index (κ1) is 11.1. The second-order valence-corrected chi connectivity index (χ2v) is 3.89. The van der Waals surface area contributed by atoms with Gasteiger partial charge in [-0.2, -0.15) is 0 Å². The quantitative estimate of drug-likeness (QED) is 0.797. The summed E-state index contributed by atoms with van der Waals surface area (Å²) in [6.07, 6.45) is -0.394. The van der Waals surface area contributed by atoms with Gasteiger partial charge in [-0.25, -0.2) is 0 Å². The van der Waals surface area contributed by atoms with Gasteiger partial charge in [-0.1, -0.05) is 32.0 Å². The van der Waals surface area contributed by atoms with Crippen LogP contribution in [0.2, 0.25) is 0 Å². The second kappa shape index (κ2) is 5.01. The van der Waals surface area contributed by atoms with Gasteiger partial charge in [-0.15, -0.1) is 0 Å². The predicted molar refractivity (Wildman–Crippen MR) is 57.5 cm³/mol. The first-order chi connectivity index (χ1) is 6.61. The zero-order valence-corrected chi connectivity index (χ0v) is 9.03. The minimum atomic E-state index is -0.394. The van der Waals surface area contributed by atoms with E-state index >= 15 is 0 Å². The van der Waals surface area contributed by atoms with Crippen molar-refractivity contribution in [2.75, 3.05) is 6.61 Å². The van der Waals surface area contributed by atoms with Gasteiger partial charge < -0.3 is 9.84 Å². The van der Waals surface area contributed by atoms with Gasteiger partial charge in [-0.05, 0) is 24.5 Å². The first-order valence-electron chi connectivity index (χ1n) is 4.97. The van der Waals surface area contributed by atoms with Crippen LogP contribution in [0.3, 0.4) is 0 Å². The summed E-state index contributed by atoms with van der Waals surface area (Å²) in [4.78, 5) is 0. The summed E-state index contributed by atoms with van der Waals surface area (Å²) < 4.78 is 5.51. The number of aryl methyl sites for hydroxylation is 1. The molecule has 2 nitrogen and oxygen atoms in total. The molecule has 0 saturated carbocycles. The SMILES string of the molecule is Cc1ccccc1OCC(O)C(C)C. The Morgan fingerprint density at radius 2 is 1.93 bits per heavy atom. The molecule has 0 aliphatic rings. The number of hydrogen-bond acceptors (Lipinski definition) is 2. The molecule has 1 unspecified atom stereocenters. The lowest BCUT2D eigenvalue weighted by Gasteiger charge is -2.16. The summed E-state index contributed by atoms with van der Waals surface area (Å²) in [6, 6.07) is 7.82. The van der Waals surface area contributed by atoms with Crippen molar-refractivity contribution >= 4 is 0 Å². The molecule has 0 aliphatic heterocycles. The van der Waals surface area contributed by atoms with Crippen LogP contribution < -0.4 is 4.74 Å². The summed E-state index contributed by atoms with van der Waals surface area (Å²) >= 11 is 0. The topological polar surface area (TPSA) is 29.5 Å². The zero-order chi connectivity index (χ0) is 10.6. The van der Waals surface area contributed by atoms with Gasteiger partial charge in [0.15, 0.2) is 0 Å². The predicted octanol–water partition coefficient (Wildman–Crippen LogP) is 2.39. The maximum absolute atomic E-state index is 9.55. The number of hydrogen-bond donors (Lipinski definition) is 1. The first-order valence-corrected chi connectivity index (χ1v) is 4.97. The van der Waals surface area contributed by atoms with E-state index in [-0.39, 0.29) is 5.92 Å². The van der Waals surface area contributed by atoms with E-state index < -0.39 is 6.10 Å². The van der Waals surface area contributed by atoms with E-state index in [4.69, 9.17) is 4.74 Å². The van der Waals surface area contributed by atoms with Crippen LogP contribution in [0.15, 0.2) is 24.3 Å². The Morgan fingerprint density at radius 1 is 1.29 bits per heavy atom. The van der Waals surface area contributed by atoms with E-state index in [1.54, 1.807) is 0 Å². The largest absolute Gasteiger partial charge is 0.491 e. The van der Waals surface area contributed by atoms with Crippen molar-refractivity contribution in [2.45, 2.75) is 26.9 Å². The van der Waals surface area contributed by atoms with E-state index in [1.807, 2.05) is 45.0 Å². The van der Waals surface area contributed by atoms with Crippen molar-refractivity contribution in [3.63, 3.8) is 0 Å². The summed E-state index contributed by atoms with van der Waals surface area (Å²) in [7, 11) is 0. The molecule has 0 saturated heterocycles. The third kappa shape index (κ3) is 3.04. The molecule has 1 rings (SSSR count). The summed E-state index contributed by atoms with van der Waals surface area (Å²) in [5.41, 5.74) is 1.10. The maximum Gasteiger partial charge on any atom is 0.122 e. The Labute approximate surface area is 85.5 Å². The number of para-hydroxylation sites is 1. The van der Waals surface area contributed by atoms with Crippen molar-refractivity contribution in [3.8, 4) is 5.75 Å². The highest BCUT2D eigenvalue weighted by Crippen LogP contribution is 2.16. The van der Waals surface area contributed by atoms with Crippen LogP contribution in [-0.2, 0) is 0 Å². The molecule has 1 N–H and O–H groups in total. The van der Waals surface area contributed by atoms with Crippen molar-refractivity contribution in [1.29, 1.82) is 0 Å². The Kier molecular flexibility index (Phi) is 3.96. The van der Waals surface area contributed by atoms with E-state index in [2.05, 4.69) is 0 Å². The average molecular weight is 194 g/mol. The fraction of sp³-hybridized carbons (Fsp3) is 0.500.